The lowest BCUT2D eigenvalue weighted by molar-refractivity contribution is 0.226. The number of nitrogens with two attached hydrogens (primary N) is 1. The van der Waals surface area contributed by atoms with Crippen LogP contribution in [0.5, 0.6) is 0 Å². The Bertz CT molecular complexity index is 333. The van der Waals surface area contributed by atoms with Gasteiger partial charge in [-0.25, -0.2) is 4.98 Å². The van der Waals surface area contributed by atoms with Crippen molar-refractivity contribution in [3.63, 3.8) is 0 Å². The molecule has 3 N–H and O–H groups in total. The fourth-order valence-corrected chi connectivity index (χ4v) is 1.98. The second-order valence-electron chi connectivity index (χ2n) is 4.46. The summed E-state index contributed by atoms with van der Waals surface area (Å²) in [6.45, 7) is 3.34. The minimum atomic E-state index is 0.466. The first-order chi connectivity index (χ1) is 7.74. The highest BCUT2D eigenvalue weighted by Crippen LogP contribution is 2.16. The van der Waals surface area contributed by atoms with Crippen molar-refractivity contribution in [1.29, 1.82) is 0 Å². The second kappa shape index (κ2) is 5.12. The molecular weight excluding hydrogens is 202 g/mol. The fraction of sp³-hybridized carbons (Fsp3) is 0.636. The van der Waals surface area contributed by atoms with E-state index in [-0.39, 0.29) is 0 Å². The lowest BCUT2D eigenvalue weighted by atomic mass is 9.97. The molecule has 1 aliphatic rings. The zero-order chi connectivity index (χ0) is 11.4. The summed E-state index contributed by atoms with van der Waals surface area (Å²) in [4.78, 5) is 10.5. The molecule has 1 aromatic rings. The van der Waals surface area contributed by atoms with Crippen LogP contribution in [0.15, 0.2) is 12.4 Å². The van der Waals surface area contributed by atoms with E-state index < -0.39 is 0 Å². The van der Waals surface area contributed by atoms with Crippen molar-refractivity contribution in [1.82, 2.24) is 14.9 Å². The molecule has 0 aliphatic carbocycles. The molecule has 2 rings (SSSR count). The van der Waals surface area contributed by atoms with Crippen LogP contribution in [-0.4, -0.2) is 41.5 Å². The van der Waals surface area contributed by atoms with Gasteiger partial charge >= 0.3 is 0 Å². The fourth-order valence-electron chi connectivity index (χ4n) is 1.98. The minimum Gasteiger partial charge on any atom is -0.382 e. The summed E-state index contributed by atoms with van der Waals surface area (Å²) in [7, 11) is 2.17. The number of piperidine rings is 1. The van der Waals surface area contributed by atoms with Gasteiger partial charge in [0.05, 0.1) is 12.4 Å². The topological polar surface area (TPSA) is 67.1 Å². The molecule has 0 bridgehead atoms. The Labute approximate surface area is 96.1 Å². The third-order valence-corrected chi connectivity index (χ3v) is 3.06. The van der Waals surface area contributed by atoms with Gasteiger partial charge < -0.3 is 16.0 Å². The van der Waals surface area contributed by atoms with Gasteiger partial charge in [-0.15, -0.1) is 0 Å². The normalized spacial score (nSPS) is 18.6. The van der Waals surface area contributed by atoms with E-state index in [0.717, 1.165) is 18.3 Å². The second-order valence-corrected chi connectivity index (χ2v) is 4.46. The first-order valence-electron chi connectivity index (χ1n) is 5.74. The number of nitrogens with zero attached hydrogens (tertiary/aromatic N) is 3. The van der Waals surface area contributed by atoms with E-state index >= 15 is 0 Å². The van der Waals surface area contributed by atoms with Crippen LogP contribution in [0.25, 0.3) is 0 Å². The molecule has 0 unspecified atom stereocenters. The summed E-state index contributed by atoms with van der Waals surface area (Å²) in [5.74, 6) is 1.98. The number of aromatic nitrogens is 2. The van der Waals surface area contributed by atoms with Crippen LogP contribution in [-0.2, 0) is 0 Å². The Balaban J connectivity index is 1.79. The molecule has 2 heterocycles. The molecule has 88 valence electrons. The number of nitrogens with one attached hydrogen (secondary N) is 1. The summed E-state index contributed by atoms with van der Waals surface area (Å²) < 4.78 is 0. The van der Waals surface area contributed by atoms with E-state index in [0.29, 0.717) is 5.82 Å². The standard InChI is InChI=1S/C11H19N5/c1-16-4-2-9(3-5-16)6-14-11-8-13-7-10(12)15-11/h7-9H,2-6H2,1H3,(H3,12,14,15). The smallest absolute Gasteiger partial charge is 0.146 e. The molecule has 0 radical (unpaired) electrons. The molecular formula is C11H19N5. The van der Waals surface area contributed by atoms with Gasteiger partial charge in [-0.2, -0.15) is 0 Å². The van der Waals surface area contributed by atoms with Crippen molar-refractivity contribution in [3.8, 4) is 0 Å². The SMILES string of the molecule is CN1CCC(CNc2cncc(N)n2)CC1. The van der Waals surface area contributed by atoms with E-state index in [9.17, 15) is 0 Å². The van der Waals surface area contributed by atoms with Crippen LogP contribution in [0.3, 0.4) is 0 Å². The van der Waals surface area contributed by atoms with Crippen molar-refractivity contribution in [2.24, 2.45) is 5.92 Å². The van der Waals surface area contributed by atoms with Gasteiger partial charge in [-0.05, 0) is 38.9 Å². The predicted octanol–water partition coefficient (Wildman–Crippen LogP) is 0.812. The maximum absolute atomic E-state index is 5.57. The molecule has 5 nitrogen and oxygen atoms in total. The molecule has 16 heavy (non-hydrogen) atoms. The monoisotopic (exact) mass is 221 g/mol. The van der Waals surface area contributed by atoms with Gasteiger partial charge in [-0.1, -0.05) is 0 Å². The third-order valence-electron chi connectivity index (χ3n) is 3.06. The first-order valence-corrected chi connectivity index (χ1v) is 5.74. The highest BCUT2D eigenvalue weighted by Gasteiger charge is 2.16. The summed E-state index contributed by atoms with van der Waals surface area (Å²) in [6, 6.07) is 0. The minimum absolute atomic E-state index is 0.466. The quantitative estimate of drug-likeness (QED) is 0.790. The molecule has 1 saturated heterocycles. The van der Waals surface area contributed by atoms with Crippen molar-refractivity contribution >= 4 is 11.6 Å². The van der Waals surface area contributed by atoms with Crippen LogP contribution in [0.4, 0.5) is 11.6 Å². The zero-order valence-electron chi connectivity index (χ0n) is 9.69. The lowest BCUT2D eigenvalue weighted by Gasteiger charge is -2.29. The predicted molar refractivity (Wildman–Crippen MR) is 65.2 cm³/mol. The number of nitrogen functional groups attached to an aromatic ring is 1. The van der Waals surface area contributed by atoms with Gasteiger partial charge in [0.15, 0.2) is 0 Å². The molecule has 0 saturated carbocycles. The number of likely N-dealkylation sites (tertiary alicyclic amines) is 1. The third kappa shape index (κ3) is 3.06. The van der Waals surface area contributed by atoms with Gasteiger partial charge in [0.25, 0.3) is 0 Å². The average Bonchev–Trinajstić information content (AvgIpc) is 2.28. The molecule has 0 aromatic carbocycles. The van der Waals surface area contributed by atoms with Gasteiger partial charge in [0.1, 0.15) is 11.6 Å². The van der Waals surface area contributed by atoms with E-state index in [1.807, 2.05) is 0 Å². The maximum Gasteiger partial charge on any atom is 0.146 e. The van der Waals surface area contributed by atoms with Crippen LogP contribution in [0.1, 0.15) is 12.8 Å². The van der Waals surface area contributed by atoms with E-state index in [4.69, 9.17) is 5.73 Å². The van der Waals surface area contributed by atoms with Crippen LogP contribution in [0.2, 0.25) is 0 Å². The van der Waals surface area contributed by atoms with Crippen molar-refractivity contribution < 1.29 is 0 Å². The molecule has 0 atom stereocenters. The highest BCUT2D eigenvalue weighted by molar-refractivity contribution is 5.38. The van der Waals surface area contributed by atoms with E-state index in [1.165, 1.54) is 25.9 Å². The summed E-state index contributed by atoms with van der Waals surface area (Å²) >= 11 is 0. The Morgan fingerprint density at radius 2 is 2.19 bits per heavy atom. The van der Waals surface area contributed by atoms with Crippen LogP contribution in [0, 0.1) is 5.92 Å². The molecule has 0 spiro atoms. The Kier molecular flexibility index (Phi) is 3.56. The first kappa shape index (κ1) is 11.1. The highest BCUT2D eigenvalue weighted by atomic mass is 15.1. The van der Waals surface area contributed by atoms with E-state index in [1.54, 1.807) is 12.4 Å². The largest absolute Gasteiger partial charge is 0.382 e. The summed E-state index contributed by atoms with van der Waals surface area (Å²) in [6.07, 6.45) is 5.77. The Morgan fingerprint density at radius 3 is 2.88 bits per heavy atom. The molecule has 1 aromatic heterocycles. The van der Waals surface area contributed by atoms with Gasteiger partial charge in [-0.3, -0.25) is 4.98 Å². The number of hydrogen-bond donors (Lipinski definition) is 2. The molecule has 1 aliphatic heterocycles. The van der Waals surface area contributed by atoms with Gasteiger partial charge in [0.2, 0.25) is 0 Å². The van der Waals surface area contributed by atoms with Crippen molar-refractivity contribution in [2.45, 2.75) is 12.8 Å². The molecule has 0 amide bonds. The average molecular weight is 221 g/mol. The Morgan fingerprint density at radius 1 is 1.44 bits per heavy atom. The molecule has 5 heteroatoms. The van der Waals surface area contributed by atoms with Gasteiger partial charge in [0, 0.05) is 6.54 Å². The zero-order valence-corrected chi connectivity index (χ0v) is 9.69. The summed E-state index contributed by atoms with van der Waals surface area (Å²) in [5, 5.41) is 3.30. The Hall–Kier alpha value is -1.36. The summed E-state index contributed by atoms with van der Waals surface area (Å²) in [5.41, 5.74) is 5.57. The lowest BCUT2D eigenvalue weighted by Crippen LogP contribution is -2.33. The molecule has 1 fully saturated rings. The maximum atomic E-state index is 5.57. The number of anilines is 2. The van der Waals surface area contributed by atoms with Crippen molar-refractivity contribution in [2.75, 3.05) is 37.7 Å². The van der Waals surface area contributed by atoms with Crippen LogP contribution < -0.4 is 11.1 Å². The van der Waals surface area contributed by atoms with E-state index in [2.05, 4.69) is 27.2 Å². The number of hydrogen-bond acceptors (Lipinski definition) is 5. The van der Waals surface area contributed by atoms with Crippen molar-refractivity contribution in [3.05, 3.63) is 12.4 Å². The number of rotatable bonds is 3. The van der Waals surface area contributed by atoms with Crippen LogP contribution >= 0.6 is 0 Å².